The molecule has 0 spiro atoms. The van der Waals surface area contributed by atoms with Gasteiger partial charge in [-0.15, -0.1) is 11.3 Å². The number of alkyl carbamates (subject to hydrolysis) is 1. The van der Waals surface area contributed by atoms with Crippen LogP contribution in [0, 0.1) is 0 Å². The molecule has 3 rings (SSSR count). The van der Waals surface area contributed by atoms with E-state index in [1.807, 2.05) is 30.3 Å². The van der Waals surface area contributed by atoms with Crippen LogP contribution < -0.4 is 10.2 Å². The second kappa shape index (κ2) is 9.65. The number of nitrogens with zero attached hydrogens (tertiary/aromatic N) is 2. The molecule has 8 nitrogen and oxygen atoms in total. The normalized spacial score (nSPS) is 16.6. The van der Waals surface area contributed by atoms with Crippen LogP contribution in [0.1, 0.15) is 17.4 Å². The maximum Gasteiger partial charge on any atom is 0.407 e. The molecule has 0 radical (unpaired) electrons. The van der Waals surface area contributed by atoms with E-state index >= 15 is 0 Å². The van der Waals surface area contributed by atoms with Gasteiger partial charge in [0.15, 0.2) is 5.13 Å². The summed E-state index contributed by atoms with van der Waals surface area (Å²) in [6.45, 7) is 2.80. The molecule has 1 amide bonds. The number of aliphatic hydroxyl groups is 2. The van der Waals surface area contributed by atoms with E-state index in [1.165, 1.54) is 11.3 Å². The molecule has 9 heteroatoms. The van der Waals surface area contributed by atoms with Gasteiger partial charge in [-0.1, -0.05) is 30.3 Å². The van der Waals surface area contributed by atoms with Gasteiger partial charge in [0.25, 0.3) is 0 Å². The summed E-state index contributed by atoms with van der Waals surface area (Å²) in [6.07, 6.45) is -3.03. The van der Waals surface area contributed by atoms with E-state index in [9.17, 15) is 15.0 Å². The molecule has 27 heavy (non-hydrogen) atoms. The molecule has 2 atom stereocenters. The minimum Gasteiger partial charge on any atom is -0.445 e. The summed E-state index contributed by atoms with van der Waals surface area (Å²) in [4.78, 5) is 18.2. The Labute approximate surface area is 161 Å². The first-order valence-electron chi connectivity index (χ1n) is 8.72. The zero-order valence-corrected chi connectivity index (χ0v) is 15.6. The van der Waals surface area contributed by atoms with Crippen LogP contribution in [0.4, 0.5) is 9.93 Å². The number of hydrogen-bond donors (Lipinski definition) is 3. The fourth-order valence-corrected chi connectivity index (χ4v) is 3.49. The lowest BCUT2D eigenvalue weighted by molar-refractivity contribution is 0.0163. The Bertz CT molecular complexity index is 721. The highest BCUT2D eigenvalue weighted by atomic mass is 32.1. The third kappa shape index (κ3) is 5.64. The monoisotopic (exact) mass is 393 g/mol. The van der Waals surface area contributed by atoms with E-state index < -0.39 is 18.3 Å². The molecule has 0 saturated carbocycles. The lowest BCUT2D eigenvalue weighted by Gasteiger charge is -2.26. The molecule has 2 unspecified atom stereocenters. The molecule has 1 aliphatic heterocycles. The molecule has 1 aromatic carbocycles. The van der Waals surface area contributed by atoms with Crippen molar-refractivity contribution in [2.24, 2.45) is 0 Å². The molecule has 1 aromatic heterocycles. The van der Waals surface area contributed by atoms with Crippen LogP contribution in [0.3, 0.4) is 0 Å². The first kappa shape index (κ1) is 19.6. The average molecular weight is 393 g/mol. The number of nitrogens with one attached hydrogen (secondary N) is 1. The predicted octanol–water partition coefficient (Wildman–Crippen LogP) is 1.30. The summed E-state index contributed by atoms with van der Waals surface area (Å²) < 4.78 is 10.4. The van der Waals surface area contributed by atoms with Gasteiger partial charge in [0.1, 0.15) is 18.8 Å². The van der Waals surface area contributed by atoms with Gasteiger partial charge in [-0.05, 0) is 5.56 Å². The zero-order valence-electron chi connectivity index (χ0n) is 14.8. The van der Waals surface area contributed by atoms with Gasteiger partial charge in [0.2, 0.25) is 0 Å². The second-order valence-corrected chi connectivity index (χ2v) is 6.95. The number of benzene rings is 1. The smallest absolute Gasteiger partial charge is 0.407 e. The van der Waals surface area contributed by atoms with E-state index in [2.05, 4.69) is 15.2 Å². The molecule has 1 saturated heterocycles. The van der Waals surface area contributed by atoms with Crippen molar-refractivity contribution >= 4 is 22.6 Å². The van der Waals surface area contributed by atoms with Crippen molar-refractivity contribution in [2.45, 2.75) is 18.8 Å². The molecule has 1 aliphatic rings. The third-order valence-electron chi connectivity index (χ3n) is 4.13. The topological polar surface area (TPSA) is 104 Å². The van der Waals surface area contributed by atoms with Crippen LogP contribution in [0.2, 0.25) is 0 Å². The molecule has 3 N–H and O–H groups in total. The van der Waals surface area contributed by atoms with Crippen molar-refractivity contribution in [2.75, 3.05) is 37.7 Å². The Balaban J connectivity index is 1.44. The molecular formula is C18H23N3O5S. The summed E-state index contributed by atoms with van der Waals surface area (Å²) >= 11 is 1.41. The highest BCUT2D eigenvalue weighted by Gasteiger charge is 2.23. The van der Waals surface area contributed by atoms with Gasteiger partial charge < -0.3 is 29.9 Å². The van der Waals surface area contributed by atoms with Crippen LogP contribution in [0.5, 0.6) is 0 Å². The van der Waals surface area contributed by atoms with Crippen molar-refractivity contribution < 1.29 is 24.5 Å². The number of aromatic nitrogens is 1. The Morgan fingerprint density at radius 3 is 2.78 bits per heavy atom. The van der Waals surface area contributed by atoms with Crippen LogP contribution >= 0.6 is 11.3 Å². The maximum atomic E-state index is 11.7. The first-order valence-corrected chi connectivity index (χ1v) is 9.60. The van der Waals surface area contributed by atoms with Gasteiger partial charge in [-0.3, -0.25) is 0 Å². The number of anilines is 1. The number of amides is 1. The van der Waals surface area contributed by atoms with Crippen LogP contribution in [-0.2, 0) is 16.1 Å². The van der Waals surface area contributed by atoms with Crippen molar-refractivity contribution in [3.63, 3.8) is 0 Å². The van der Waals surface area contributed by atoms with E-state index in [4.69, 9.17) is 9.47 Å². The highest BCUT2D eigenvalue weighted by molar-refractivity contribution is 7.13. The highest BCUT2D eigenvalue weighted by Crippen LogP contribution is 2.26. The van der Waals surface area contributed by atoms with E-state index in [1.54, 1.807) is 5.38 Å². The molecule has 2 aromatic rings. The maximum absolute atomic E-state index is 11.7. The van der Waals surface area contributed by atoms with Gasteiger partial charge in [-0.25, -0.2) is 9.78 Å². The molecule has 0 aliphatic carbocycles. The zero-order chi connectivity index (χ0) is 19.1. The number of thiazole rings is 1. The number of morpholine rings is 1. The molecular weight excluding hydrogens is 370 g/mol. The summed E-state index contributed by atoms with van der Waals surface area (Å²) in [5, 5.41) is 25.4. The fraction of sp³-hybridized carbons (Fsp3) is 0.444. The summed E-state index contributed by atoms with van der Waals surface area (Å²) in [5.74, 6) is 0. The van der Waals surface area contributed by atoms with E-state index in [0.717, 1.165) is 23.8 Å². The minimum absolute atomic E-state index is 0.139. The van der Waals surface area contributed by atoms with Crippen molar-refractivity contribution in [1.29, 1.82) is 0 Å². The minimum atomic E-state index is -1.19. The number of ether oxygens (including phenoxy) is 2. The first-order chi connectivity index (χ1) is 13.1. The Morgan fingerprint density at radius 1 is 1.30 bits per heavy atom. The van der Waals surface area contributed by atoms with Crippen LogP contribution in [-0.4, -0.2) is 60.2 Å². The number of aliphatic hydroxyl groups excluding tert-OH is 2. The third-order valence-corrected chi connectivity index (χ3v) is 5.05. The van der Waals surface area contributed by atoms with Gasteiger partial charge in [0, 0.05) is 25.0 Å². The van der Waals surface area contributed by atoms with Gasteiger partial charge >= 0.3 is 6.09 Å². The van der Waals surface area contributed by atoms with Crippen molar-refractivity contribution in [3.8, 4) is 0 Å². The van der Waals surface area contributed by atoms with E-state index in [-0.39, 0.29) is 13.2 Å². The quantitative estimate of drug-likeness (QED) is 0.651. The number of hydrogen-bond acceptors (Lipinski definition) is 8. The second-order valence-electron chi connectivity index (χ2n) is 6.11. The largest absolute Gasteiger partial charge is 0.445 e. The van der Waals surface area contributed by atoms with Gasteiger partial charge in [0.05, 0.1) is 18.9 Å². The Kier molecular flexibility index (Phi) is 6.99. The molecule has 1 fully saturated rings. The Morgan fingerprint density at radius 2 is 2.04 bits per heavy atom. The lowest BCUT2D eigenvalue weighted by Crippen LogP contribution is -2.37. The SMILES string of the molecule is O=C(NCC(O)C(O)c1csc(N2CCOCC2)n1)OCc1ccccc1. The summed E-state index contributed by atoms with van der Waals surface area (Å²) in [7, 11) is 0. The summed E-state index contributed by atoms with van der Waals surface area (Å²) in [6, 6.07) is 9.29. The molecule has 146 valence electrons. The van der Waals surface area contributed by atoms with Crippen LogP contribution in [0.15, 0.2) is 35.7 Å². The summed E-state index contributed by atoms with van der Waals surface area (Å²) in [5.41, 5.74) is 1.25. The van der Waals surface area contributed by atoms with Crippen LogP contribution in [0.25, 0.3) is 0 Å². The molecule has 2 heterocycles. The Hall–Kier alpha value is -2.20. The lowest BCUT2D eigenvalue weighted by atomic mass is 10.1. The average Bonchev–Trinajstić information content (AvgIpc) is 3.21. The standard InChI is InChI=1S/C18H23N3O5S/c22-15(10-19-18(24)26-11-13-4-2-1-3-5-13)16(23)14-12-27-17(20-14)21-6-8-25-9-7-21/h1-5,12,15-16,22-23H,6-11H2,(H,19,24). The number of carbonyl (C=O) groups excluding carboxylic acids is 1. The predicted molar refractivity (Wildman–Crippen MR) is 101 cm³/mol. The number of rotatable bonds is 7. The van der Waals surface area contributed by atoms with E-state index in [0.29, 0.717) is 18.9 Å². The van der Waals surface area contributed by atoms with Crippen molar-refractivity contribution in [1.82, 2.24) is 10.3 Å². The molecule has 0 bridgehead atoms. The number of carbonyl (C=O) groups is 1. The van der Waals surface area contributed by atoms with Gasteiger partial charge in [-0.2, -0.15) is 0 Å². The fourth-order valence-electron chi connectivity index (χ4n) is 2.58. The van der Waals surface area contributed by atoms with Crippen molar-refractivity contribution in [3.05, 3.63) is 47.0 Å².